The molecule has 0 aromatic carbocycles. The lowest BCUT2D eigenvalue weighted by Crippen LogP contribution is -2.37. The third kappa shape index (κ3) is 5.01. The SMILES string of the molecule is Cn1cc(C(=O)NCCNC2CCCCCC2)ccc1=O. The standard InChI is InChI=1S/C16H25N3O2/c1-19-12-13(8-9-15(19)20)16(21)18-11-10-17-14-6-4-2-3-5-7-14/h8-9,12,14,17H,2-7,10-11H2,1H3,(H,18,21). The van der Waals surface area contributed by atoms with Crippen molar-refractivity contribution in [2.75, 3.05) is 13.1 Å². The zero-order valence-corrected chi connectivity index (χ0v) is 12.7. The van der Waals surface area contributed by atoms with Gasteiger partial charge < -0.3 is 15.2 Å². The molecule has 2 rings (SSSR count). The van der Waals surface area contributed by atoms with E-state index in [2.05, 4.69) is 10.6 Å². The maximum atomic E-state index is 12.0. The largest absolute Gasteiger partial charge is 0.351 e. The van der Waals surface area contributed by atoms with Gasteiger partial charge in [-0.15, -0.1) is 0 Å². The molecular formula is C16H25N3O2. The Balaban J connectivity index is 1.71. The van der Waals surface area contributed by atoms with E-state index in [0.717, 1.165) is 6.54 Å². The van der Waals surface area contributed by atoms with Crippen LogP contribution in [0, 0.1) is 0 Å². The van der Waals surface area contributed by atoms with Crippen molar-refractivity contribution in [2.45, 2.75) is 44.6 Å². The average Bonchev–Trinajstić information content (AvgIpc) is 2.75. The first-order valence-electron chi connectivity index (χ1n) is 7.85. The highest BCUT2D eigenvalue weighted by Crippen LogP contribution is 2.16. The fourth-order valence-corrected chi connectivity index (χ4v) is 2.77. The number of pyridine rings is 1. The number of amides is 1. The highest BCUT2D eigenvalue weighted by molar-refractivity contribution is 5.93. The maximum Gasteiger partial charge on any atom is 0.252 e. The molecule has 0 unspecified atom stereocenters. The second-order valence-electron chi connectivity index (χ2n) is 5.77. The molecular weight excluding hydrogens is 266 g/mol. The van der Waals surface area contributed by atoms with Crippen molar-refractivity contribution in [1.29, 1.82) is 0 Å². The minimum Gasteiger partial charge on any atom is -0.351 e. The molecule has 1 aliphatic rings. The maximum absolute atomic E-state index is 12.0. The smallest absolute Gasteiger partial charge is 0.252 e. The van der Waals surface area contributed by atoms with Crippen LogP contribution in [0.1, 0.15) is 48.9 Å². The number of carbonyl (C=O) groups excluding carboxylic acids is 1. The number of carbonyl (C=O) groups is 1. The number of aromatic nitrogens is 1. The minimum absolute atomic E-state index is 0.110. The summed E-state index contributed by atoms with van der Waals surface area (Å²) in [5.74, 6) is -0.131. The highest BCUT2D eigenvalue weighted by atomic mass is 16.2. The third-order valence-corrected chi connectivity index (χ3v) is 4.05. The number of hydrogen-bond acceptors (Lipinski definition) is 3. The molecule has 1 amide bonds. The Morgan fingerprint density at radius 2 is 1.90 bits per heavy atom. The summed E-state index contributed by atoms with van der Waals surface area (Å²) in [6, 6.07) is 3.58. The lowest BCUT2D eigenvalue weighted by Gasteiger charge is -2.16. The van der Waals surface area contributed by atoms with Gasteiger partial charge in [0.1, 0.15) is 0 Å². The Morgan fingerprint density at radius 3 is 2.57 bits per heavy atom. The minimum atomic E-state index is -0.131. The van der Waals surface area contributed by atoms with Crippen LogP contribution in [0.15, 0.2) is 23.1 Å². The van der Waals surface area contributed by atoms with Crippen molar-refractivity contribution in [1.82, 2.24) is 15.2 Å². The molecule has 1 saturated carbocycles. The van der Waals surface area contributed by atoms with Crippen LogP contribution in [0.5, 0.6) is 0 Å². The second kappa shape index (κ2) is 7.98. The summed E-state index contributed by atoms with van der Waals surface area (Å²) < 4.78 is 1.42. The van der Waals surface area contributed by atoms with Gasteiger partial charge in [0.05, 0.1) is 5.56 Å². The van der Waals surface area contributed by atoms with E-state index < -0.39 is 0 Å². The van der Waals surface area contributed by atoms with Gasteiger partial charge in [-0.1, -0.05) is 25.7 Å². The summed E-state index contributed by atoms with van der Waals surface area (Å²) in [5.41, 5.74) is 0.410. The fraction of sp³-hybridized carbons (Fsp3) is 0.625. The predicted octanol–water partition coefficient (Wildman–Crippen LogP) is 1.43. The van der Waals surface area contributed by atoms with Gasteiger partial charge in [0, 0.05) is 38.4 Å². The monoisotopic (exact) mass is 291 g/mol. The van der Waals surface area contributed by atoms with Gasteiger partial charge in [0.15, 0.2) is 0 Å². The van der Waals surface area contributed by atoms with E-state index in [4.69, 9.17) is 0 Å². The number of nitrogens with one attached hydrogen (secondary N) is 2. The van der Waals surface area contributed by atoms with Gasteiger partial charge in [-0.25, -0.2) is 0 Å². The molecule has 1 aliphatic carbocycles. The molecule has 5 nitrogen and oxygen atoms in total. The van der Waals surface area contributed by atoms with Crippen LogP contribution >= 0.6 is 0 Å². The van der Waals surface area contributed by atoms with Crippen molar-refractivity contribution in [3.8, 4) is 0 Å². The summed E-state index contributed by atoms with van der Waals surface area (Å²) >= 11 is 0. The first-order chi connectivity index (χ1) is 10.2. The molecule has 0 aliphatic heterocycles. The summed E-state index contributed by atoms with van der Waals surface area (Å²) in [4.78, 5) is 23.2. The van der Waals surface area contributed by atoms with Crippen molar-refractivity contribution in [3.63, 3.8) is 0 Å². The van der Waals surface area contributed by atoms with E-state index in [1.165, 1.54) is 49.2 Å². The van der Waals surface area contributed by atoms with Crippen LogP contribution in [0.25, 0.3) is 0 Å². The normalized spacial score (nSPS) is 16.4. The van der Waals surface area contributed by atoms with Crippen molar-refractivity contribution < 1.29 is 4.79 Å². The molecule has 5 heteroatoms. The first-order valence-corrected chi connectivity index (χ1v) is 7.85. The van der Waals surface area contributed by atoms with Crippen LogP contribution in [0.3, 0.4) is 0 Å². The van der Waals surface area contributed by atoms with Gasteiger partial charge in [-0.05, 0) is 18.9 Å². The average molecular weight is 291 g/mol. The Kier molecular flexibility index (Phi) is 5.99. The molecule has 0 bridgehead atoms. The second-order valence-corrected chi connectivity index (χ2v) is 5.77. The molecule has 1 aromatic heterocycles. The summed E-state index contributed by atoms with van der Waals surface area (Å²) in [5, 5.41) is 6.40. The summed E-state index contributed by atoms with van der Waals surface area (Å²) in [6.45, 7) is 1.40. The Hall–Kier alpha value is -1.62. The van der Waals surface area contributed by atoms with Crippen LogP contribution in [0.2, 0.25) is 0 Å². The van der Waals surface area contributed by atoms with Crippen LogP contribution in [0.4, 0.5) is 0 Å². The number of nitrogens with zero attached hydrogens (tertiary/aromatic N) is 1. The molecule has 0 spiro atoms. The van der Waals surface area contributed by atoms with Crippen LogP contribution in [-0.2, 0) is 7.05 Å². The van der Waals surface area contributed by atoms with Crippen LogP contribution < -0.4 is 16.2 Å². The highest BCUT2D eigenvalue weighted by Gasteiger charge is 2.11. The Bertz CT molecular complexity index is 516. The van der Waals surface area contributed by atoms with E-state index in [1.807, 2.05) is 0 Å². The molecule has 116 valence electrons. The molecule has 21 heavy (non-hydrogen) atoms. The molecule has 1 heterocycles. The number of rotatable bonds is 5. The van der Waals surface area contributed by atoms with Crippen molar-refractivity contribution in [2.24, 2.45) is 7.05 Å². The molecule has 1 aromatic rings. The Morgan fingerprint density at radius 1 is 1.19 bits per heavy atom. The fourth-order valence-electron chi connectivity index (χ4n) is 2.77. The first kappa shape index (κ1) is 15.8. The van der Waals surface area contributed by atoms with Gasteiger partial charge in [0.2, 0.25) is 5.56 Å². The van der Waals surface area contributed by atoms with E-state index >= 15 is 0 Å². The molecule has 0 saturated heterocycles. The van der Waals surface area contributed by atoms with Gasteiger partial charge >= 0.3 is 0 Å². The molecule has 0 radical (unpaired) electrons. The Labute approximate surface area is 125 Å². The van der Waals surface area contributed by atoms with E-state index in [0.29, 0.717) is 18.2 Å². The van der Waals surface area contributed by atoms with Crippen molar-refractivity contribution >= 4 is 5.91 Å². The van der Waals surface area contributed by atoms with Gasteiger partial charge in [-0.2, -0.15) is 0 Å². The van der Waals surface area contributed by atoms with E-state index in [-0.39, 0.29) is 11.5 Å². The van der Waals surface area contributed by atoms with Gasteiger partial charge in [-0.3, -0.25) is 9.59 Å². The van der Waals surface area contributed by atoms with E-state index in [9.17, 15) is 9.59 Å². The van der Waals surface area contributed by atoms with Gasteiger partial charge in [0.25, 0.3) is 5.91 Å². The zero-order valence-electron chi connectivity index (χ0n) is 12.7. The summed E-state index contributed by atoms with van der Waals surface area (Å²) in [7, 11) is 1.65. The lowest BCUT2D eigenvalue weighted by molar-refractivity contribution is 0.0952. The molecule has 2 N–H and O–H groups in total. The quantitative estimate of drug-likeness (QED) is 0.637. The number of aryl methyl sites for hydroxylation is 1. The lowest BCUT2D eigenvalue weighted by atomic mass is 10.1. The summed E-state index contributed by atoms with van der Waals surface area (Å²) in [6.07, 6.45) is 9.37. The number of hydrogen-bond donors (Lipinski definition) is 2. The molecule has 0 atom stereocenters. The van der Waals surface area contributed by atoms with Crippen molar-refractivity contribution in [3.05, 3.63) is 34.2 Å². The van der Waals surface area contributed by atoms with Crippen LogP contribution in [-0.4, -0.2) is 29.6 Å². The topological polar surface area (TPSA) is 63.1 Å². The van der Waals surface area contributed by atoms with E-state index in [1.54, 1.807) is 19.3 Å². The zero-order chi connectivity index (χ0) is 15.1. The molecule has 1 fully saturated rings. The third-order valence-electron chi connectivity index (χ3n) is 4.05. The predicted molar refractivity (Wildman–Crippen MR) is 83.5 cm³/mol.